The number of rotatable bonds is 8. The maximum atomic E-state index is 10.1. The molecule has 0 aliphatic heterocycles. The number of hydrogen-bond donors (Lipinski definition) is 1. The molecule has 0 aliphatic carbocycles. The van der Waals surface area contributed by atoms with Crippen molar-refractivity contribution in [3.8, 4) is 0 Å². The highest BCUT2D eigenvalue weighted by Crippen LogP contribution is 2.11. The van der Waals surface area contributed by atoms with Gasteiger partial charge in [-0.3, -0.25) is 4.68 Å². The minimum Gasteiger partial charge on any atom is -0.390 e. The lowest BCUT2D eigenvalue weighted by molar-refractivity contribution is -0.0172. The molecule has 0 aliphatic rings. The van der Waals surface area contributed by atoms with Crippen LogP contribution in [0.25, 0.3) is 0 Å². The van der Waals surface area contributed by atoms with Crippen molar-refractivity contribution in [1.82, 2.24) is 14.8 Å². The fourth-order valence-corrected chi connectivity index (χ4v) is 1.92. The van der Waals surface area contributed by atoms with Gasteiger partial charge in [0, 0.05) is 20.1 Å². The Bertz CT molecular complexity index is 314. The van der Waals surface area contributed by atoms with Crippen molar-refractivity contribution < 1.29 is 9.84 Å². The number of methoxy groups -OCH3 is 1. The van der Waals surface area contributed by atoms with E-state index < -0.39 is 6.10 Å². The van der Waals surface area contributed by atoms with Crippen LogP contribution in [0.5, 0.6) is 0 Å². The predicted molar refractivity (Wildman–Crippen MR) is 65.7 cm³/mol. The van der Waals surface area contributed by atoms with Crippen LogP contribution in [0.3, 0.4) is 0 Å². The molecule has 0 radical (unpaired) electrons. The Morgan fingerprint density at radius 1 is 1.41 bits per heavy atom. The summed E-state index contributed by atoms with van der Waals surface area (Å²) in [5.41, 5.74) is 0. The summed E-state index contributed by atoms with van der Waals surface area (Å²) >= 11 is 0. The van der Waals surface area contributed by atoms with Crippen LogP contribution in [-0.2, 0) is 17.7 Å². The van der Waals surface area contributed by atoms with Crippen LogP contribution >= 0.6 is 0 Å². The first-order chi connectivity index (χ1) is 8.22. The van der Waals surface area contributed by atoms with Gasteiger partial charge in [0.2, 0.25) is 0 Å². The van der Waals surface area contributed by atoms with E-state index in [1.165, 1.54) is 0 Å². The molecular weight excluding hydrogens is 218 g/mol. The van der Waals surface area contributed by atoms with E-state index in [4.69, 9.17) is 4.74 Å². The monoisotopic (exact) mass is 241 g/mol. The summed E-state index contributed by atoms with van der Waals surface area (Å²) < 4.78 is 7.14. The van der Waals surface area contributed by atoms with Crippen molar-refractivity contribution in [2.75, 3.05) is 7.11 Å². The quantitative estimate of drug-likeness (QED) is 0.747. The van der Waals surface area contributed by atoms with Crippen molar-refractivity contribution in [3.63, 3.8) is 0 Å². The summed E-state index contributed by atoms with van der Waals surface area (Å²) in [7, 11) is 1.64. The van der Waals surface area contributed by atoms with Gasteiger partial charge in [0.15, 0.2) is 0 Å². The van der Waals surface area contributed by atoms with E-state index in [-0.39, 0.29) is 6.10 Å². The molecule has 0 spiro atoms. The second-order valence-corrected chi connectivity index (χ2v) is 4.23. The van der Waals surface area contributed by atoms with E-state index in [0.29, 0.717) is 6.42 Å². The summed E-state index contributed by atoms with van der Waals surface area (Å²) in [4.78, 5) is 4.19. The summed E-state index contributed by atoms with van der Waals surface area (Å²) in [6.07, 6.45) is 4.27. The van der Waals surface area contributed by atoms with E-state index in [9.17, 15) is 5.11 Å². The molecule has 0 saturated heterocycles. The molecule has 1 rings (SSSR count). The maximum absolute atomic E-state index is 10.1. The van der Waals surface area contributed by atoms with E-state index in [1.807, 2.05) is 4.68 Å². The van der Waals surface area contributed by atoms with Gasteiger partial charge in [-0.25, -0.2) is 4.98 Å². The zero-order chi connectivity index (χ0) is 12.7. The molecule has 5 nitrogen and oxygen atoms in total. The predicted octanol–water partition coefficient (Wildman–Crippen LogP) is 1.41. The molecule has 2 atom stereocenters. The highest BCUT2D eigenvalue weighted by atomic mass is 16.5. The number of aliphatic hydroxyl groups excluding tert-OH is 1. The molecule has 0 fully saturated rings. The number of aromatic nitrogens is 3. The smallest absolute Gasteiger partial charge is 0.138 e. The molecule has 5 heteroatoms. The summed E-state index contributed by atoms with van der Waals surface area (Å²) in [5, 5.41) is 14.2. The number of hydrogen-bond acceptors (Lipinski definition) is 4. The largest absolute Gasteiger partial charge is 0.390 e. The van der Waals surface area contributed by atoms with Gasteiger partial charge in [-0.1, -0.05) is 20.3 Å². The van der Waals surface area contributed by atoms with Gasteiger partial charge in [-0.2, -0.15) is 5.10 Å². The Hall–Kier alpha value is -0.940. The third-order valence-corrected chi connectivity index (χ3v) is 2.83. The zero-order valence-electron chi connectivity index (χ0n) is 11.0. The van der Waals surface area contributed by atoms with Crippen molar-refractivity contribution in [3.05, 3.63) is 12.2 Å². The molecule has 0 bridgehead atoms. The van der Waals surface area contributed by atoms with E-state index >= 15 is 0 Å². The van der Waals surface area contributed by atoms with Crippen LogP contribution in [0.15, 0.2) is 6.33 Å². The maximum Gasteiger partial charge on any atom is 0.138 e. The number of ether oxygens (including phenoxy) is 1. The second-order valence-electron chi connectivity index (χ2n) is 4.23. The lowest BCUT2D eigenvalue weighted by Gasteiger charge is -2.20. The number of aliphatic hydroxyl groups is 1. The van der Waals surface area contributed by atoms with Crippen LogP contribution in [0.4, 0.5) is 0 Å². The van der Waals surface area contributed by atoms with E-state index in [2.05, 4.69) is 23.9 Å². The highest BCUT2D eigenvalue weighted by molar-refractivity contribution is 4.89. The average Bonchev–Trinajstić information content (AvgIpc) is 2.74. The Balaban J connectivity index is 2.59. The van der Waals surface area contributed by atoms with Crippen molar-refractivity contribution in [2.45, 2.75) is 58.3 Å². The third-order valence-electron chi connectivity index (χ3n) is 2.83. The molecule has 98 valence electrons. The molecule has 1 heterocycles. The highest BCUT2D eigenvalue weighted by Gasteiger charge is 2.20. The first kappa shape index (κ1) is 14.1. The normalized spacial score (nSPS) is 14.8. The molecule has 0 saturated carbocycles. The molecule has 17 heavy (non-hydrogen) atoms. The first-order valence-corrected chi connectivity index (χ1v) is 6.30. The number of aryl methyl sites for hydroxylation is 1. The Kier molecular flexibility index (Phi) is 6.15. The van der Waals surface area contributed by atoms with Gasteiger partial charge >= 0.3 is 0 Å². The van der Waals surface area contributed by atoms with Crippen LogP contribution in [0, 0.1) is 0 Å². The molecule has 1 aromatic heterocycles. The fourth-order valence-electron chi connectivity index (χ4n) is 1.92. The van der Waals surface area contributed by atoms with E-state index in [1.54, 1.807) is 13.4 Å². The average molecular weight is 241 g/mol. The zero-order valence-corrected chi connectivity index (χ0v) is 11.0. The minimum atomic E-state index is -0.514. The summed E-state index contributed by atoms with van der Waals surface area (Å²) in [6, 6.07) is 0. The van der Waals surface area contributed by atoms with Gasteiger partial charge < -0.3 is 9.84 Å². The molecule has 0 amide bonds. The molecule has 2 unspecified atom stereocenters. The Labute approximate surface area is 103 Å². The fraction of sp³-hybridized carbons (Fsp3) is 0.833. The topological polar surface area (TPSA) is 60.2 Å². The van der Waals surface area contributed by atoms with Gasteiger partial charge in [-0.05, 0) is 12.8 Å². The first-order valence-electron chi connectivity index (χ1n) is 6.30. The van der Waals surface area contributed by atoms with Crippen LogP contribution in [-0.4, -0.2) is 39.2 Å². The molecular formula is C12H23N3O2. The van der Waals surface area contributed by atoms with Crippen LogP contribution < -0.4 is 0 Å². The number of nitrogens with zero attached hydrogens (tertiary/aromatic N) is 3. The molecule has 1 N–H and O–H groups in total. The van der Waals surface area contributed by atoms with Crippen molar-refractivity contribution >= 4 is 0 Å². The summed E-state index contributed by atoms with van der Waals surface area (Å²) in [6.45, 7) is 5.02. The lowest BCUT2D eigenvalue weighted by atomic mass is 10.1. The van der Waals surface area contributed by atoms with Gasteiger partial charge in [-0.15, -0.1) is 0 Å². The van der Waals surface area contributed by atoms with Crippen LogP contribution in [0.2, 0.25) is 0 Å². The third kappa shape index (κ3) is 4.09. The van der Waals surface area contributed by atoms with Crippen LogP contribution in [0.1, 0.15) is 38.9 Å². The Morgan fingerprint density at radius 3 is 2.76 bits per heavy atom. The van der Waals surface area contributed by atoms with E-state index in [0.717, 1.165) is 31.6 Å². The molecule has 0 aromatic carbocycles. The van der Waals surface area contributed by atoms with Gasteiger partial charge in [0.1, 0.15) is 12.2 Å². The van der Waals surface area contributed by atoms with Crippen molar-refractivity contribution in [1.29, 1.82) is 0 Å². The minimum absolute atomic E-state index is 0.119. The molecule has 1 aromatic rings. The lowest BCUT2D eigenvalue weighted by Crippen LogP contribution is -2.31. The van der Waals surface area contributed by atoms with Crippen molar-refractivity contribution in [2.24, 2.45) is 0 Å². The standard InChI is InChI=1S/C12H23N3O2/c1-4-6-11(17-3)10(16)8-12-13-9-14-15(12)7-5-2/h9-11,16H,4-8H2,1-3H3. The summed E-state index contributed by atoms with van der Waals surface area (Å²) in [5.74, 6) is 0.831. The Morgan fingerprint density at radius 2 is 2.18 bits per heavy atom. The van der Waals surface area contributed by atoms with Gasteiger partial charge in [0.25, 0.3) is 0 Å². The second kappa shape index (κ2) is 7.40. The SMILES string of the molecule is CCCC(OC)C(O)Cc1ncnn1CCC. The van der Waals surface area contributed by atoms with Gasteiger partial charge in [0.05, 0.1) is 12.2 Å².